The first-order valence-corrected chi connectivity index (χ1v) is 5.84. The Morgan fingerprint density at radius 3 is 2.50 bits per heavy atom. The van der Waals surface area contributed by atoms with Gasteiger partial charge in [-0.15, -0.1) is 0 Å². The third kappa shape index (κ3) is 1.78. The van der Waals surface area contributed by atoms with Crippen molar-refractivity contribution >= 4 is 5.78 Å². The molecule has 1 aromatic carbocycles. The minimum Gasteiger partial charge on any atom is -0.380 e. The van der Waals surface area contributed by atoms with E-state index in [2.05, 4.69) is 0 Å². The highest BCUT2D eigenvalue weighted by Crippen LogP contribution is 2.36. The van der Waals surface area contributed by atoms with Crippen molar-refractivity contribution in [2.24, 2.45) is 5.92 Å². The molecule has 0 aliphatic carbocycles. The van der Waals surface area contributed by atoms with Gasteiger partial charge in [0.1, 0.15) is 5.78 Å². The highest BCUT2D eigenvalue weighted by Gasteiger charge is 2.44. The standard InChI is InChI=1S/C14H18O2/c1-11(2)13(15)14(8-9-16-10-14)12-6-4-3-5-7-12/h3-7,11H,8-10H2,1-2H3. The van der Waals surface area contributed by atoms with E-state index in [9.17, 15) is 4.79 Å². The molecule has 1 aromatic rings. The summed E-state index contributed by atoms with van der Waals surface area (Å²) in [7, 11) is 0. The van der Waals surface area contributed by atoms with Crippen LogP contribution in [0.5, 0.6) is 0 Å². The molecule has 2 nitrogen and oxygen atoms in total. The van der Waals surface area contributed by atoms with Crippen molar-refractivity contribution in [3.8, 4) is 0 Å². The van der Waals surface area contributed by atoms with Gasteiger partial charge in [-0.05, 0) is 12.0 Å². The SMILES string of the molecule is CC(C)C(=O)C1(c2ccccc2)CCOC1. The van der Waals surface area contributed by atoms with Gasteiger partial charge in [0.05, 0.1) is 12.0 Å². The number of carbonyl (C=O) groups is 1. The fraction of sp³-hybridized carbons (Fsp3) is 0.500. The minimum absolute atomic E-state index is 0.0573. The number of benzene rings is 1. The Morgan fingerprint density at radius 2 is 2.00 bits per heavy atom. The lowest BCUT2D eigenvalue weighted by atomic mass is 9.73. The Morgan fingerprint density at radius 1 is 1.31 bits per heavy atom. The van der Waals surface area contributed by atoms with E-state index in [1.807, 2.05) is 44.2 Å². The van der Waals surface area contributed by atoms with E-state index < -0.39 is 5.41 Å². The van der Waals surface area contributed by atoms with Gasteiger partial charge in [-0.3, -0.25) is 4.79 Å². The summed E-state index contributed by atoms with van der Waals surface area (Å²) < 4.78 is 5.47. The van der Waals surface area contributed by atoms with Crippen LogP contribution < -0.4 is 0 Å². The van der Waals surface area contributed by atoms with Crippen LogP contribution in [0.1, 0.15) is 25.8 Å². The van der Waals surface area contributed by atoms with Crippen LogP contribution in [0.2, 0.25) is 0 Å². The van der Waals surface area contributed by atoms with E-state index >= 15 is 0 Å². The van der Waals surface area contributed by atoms with Gasteiger partial charge in [0.25, 0.3) is 0 Å². The summed E-state index contributed by atoms with van der Waals surface area (Å²) in [5, 5.41) is 0. The Bertz CT molecular complexity index is 362. The zero-order chi connectivity index (χ0) is 11.6. The molecule has 0 radical (unpaired) electrons. The lowest BCUT2D eigenvalue weighted by Gasteiger charge is -2.28. The first kappa shape index (κ1) is 11.3. The molecule has 1 fully saturated rings. The van der Waals surface area contributed by atoms with E-state index in [1.165, 1.54) is 0 Å². The van der Waals surface area contributed by atoms with Crippen LogP contribution in [-0.2, 0) is 14.9 Å². The molecule has 1 heterocycles. The van der Waals surface area contributed by atoms with Gasteiger partial charge in [-0.1, -0.05) is 44.2 Å². The van der Waals surface area contributed by atoms with Crippen LogP contribution in [0.4, 0.5) is 0 Å². The van der Waals surface area contributed by atoms with E-state index in [-0.39, 0.29) is 5.92 Å². The van der Waals surface area contributed by atoms with Crippen molar-refractivity contribution in [3.63, 3.8) is 0 Å². The Labute approximate surface area is 96.6 Å². The number of carbonyl (C=O) groups excluding carboxylic acids is 1. The van der Waals surface area contributed by atoms with Crippen LogP contribution in [0, 0.1) is 5.92 Å². The number of hydrogen-bond acceptors (Lipinski definition) is 2. The second-order valence-electron chi connectivity index (χ2n) is 4.77. The molecular weight excluding hydrogens is 200 g/mol. The van der Waals surface area contributed by atoms with Crippen molar-refractivity contribution in [2.45, 2.75) is 25.7 Å². The number of hydrogen-bond donors (Lipinski definition) is 0. The summed E-state index contributed by atoms with van der Waals surface area (Å²) in [6.45, 7) is 5.15. The number of Topliss-reactive ketones (excluding diaryl/α,β-unsaturated/α-hetero) is 1. The maximum Gasteiger partial charge on any atom is 0.148 e. The summed E-state index contributed by atoms with van der Waals surface area (Å²) >= 11 is 0. The molecule has 16 heavy (non-hydrogen) atoms. The van der Waals surface area contributed by atoms with Crippen LogP contribution in [0.3, 0.4) is 0 Å². The normalized spacial score (nSPS) is 24.9. The van der Waals surface area contributed by atoms with E-state index in [0.29, 0.717) is 19.0 Å². The van der Waals surface area contributed by atoms with Crippen LogP contribution in [0.25, 0.3) is 0 Å². The van der Waals surface area contributed by atoms with Crippen molar-refractivity contribution in [2.75, 3.05) is 13.2 Å². The topological polar surface area (TPSA) is 26.3 Å². The van der Waals surface area contributed by atoms with Gasteiger partial charge in [-0.2, -0.15) is 0 Å². The first-order valence-electron chi connectivity index (χ1n) is 5.84. The molecule has 0 bridgehead atoms. The van der Waals surface area contributed by atoms with Crippen molar-refractivity contribution in [1.82, 2.24) is 0 Å². The van der Waals surface area contributed by atoms with Gasteiger partial charge in [0.2, 0.25) is 0 Å². The molecule has 0 amide bonds. The Kier molecular flexibility index (Phi) is 3.10. The fourth-order valence-electron chi connectivity index (χ4n) is 2.44. The minimum atomic E-state index is -0.393. The van der Waals surface area contributed by atoms with Crippen LogP contribution >= 0.6 is 0 Å². The van der Waals surface area contributed by atoms with Crippen molar-refractivity contribution in [3.05, 3.63) is 35.9 Å². The van der Waals surface area contributed by atoms with Crippen molar-refractivity contribution in [1.29, 1.82) is 0 Å². The molecule has 0 aromatic heterocycles. The fourth-order valence-corrected chi connectivity index (χ4v) is 2.44. The number of rotatable bonds is 3. The lowest BCUT2D eigenvalue weighted by Crippen LogP contribution is -2.39. The summed E-state index contributed by atoms with van der Waals surface area (Å²) in [6.07, 6.45) is 0.814. The molecule has 0 saturated carbocycles. The maximum atomic E-state index is 12.4. The summed E-state index contributed by atoms with van der Waals surface area (Å²) in [5.41, 5.74) is 0.710. The zero-order valence-electron chi connectivity index (χ0n) is 9.90. The van der Waals surface area contributed by atoms with Gasteiger partial charge in [0.15, 0.2) is 0 Å². The molecule has 1 saturated heterocycles. The second kappa shape index (κ2) is 4.38. The predicted octanol–water partition coefficient (Wildman–Crippen LogP) is 2.57. The molecule has 0 spiro atoms. The molecule has 1 atom stereocenters. The molecular formula is C14H18O2. The third-order valence-corrected chi connectivity index (χ3v) is 3.34. The Hall–Kier alpha value is -1.15. The highest BCUT2D eigenvalue weighted by atomic mass is 16.5. The zero-order valence-corrected chi connectivity index (χ0v) is 9.90. The average Bonchev–Trinajstić information content (AvgIpc) is 2.79. The predicted molar refractivity (Wildman–Crippen MR) is 63.4 cm³/mol. The number of ketones is 1. The third-order valence-electron chi connectivity index (χ3n) is 3.34. The Balaban J connectivity index is 2.40. The van der Waals surface area contributed by atoms with Gasteiger partial charge in [0, 0.05) is 12.5 Å². The molecule has 0 N–H and O–H groups in total. The van der Waals surface area contributed by atoms with Gasteiger partial charge in [-0.25, -0.2) is 0 Å². The largest absolute Gasteiger partial charge is 0.380 e. The molecule has 1 aliphatic heterocycles. The first-order chi connectivity index (χ1) is 7.67. The molecule has 1 aliphatic rings. The highest BCUT2D eigenvalue weighted by molar-refractivity contribution is 5.92. The van der Waals surface area contributed by atoms with E-state index in [1.54, 1.807) is 0 Å². The van der Waals surface area contributed by atoms with E-state index in [0.717, 1.165) is 12.0 Å². The van der Waals surface area contributed by atoms with Gasteiger partial charge >= 0.3 is 0 Å². The molecule has 1 unspecified atom stereocenters. The quantitative estimate of drug-likeness (QED) is 0.779. The lowest BCUT2D eigenvalue weighted by molar-refractivity contribution is -0.127. The monoisotopic (exact) mass is 218 g/mol. The van der Waals surface area contributed by atoms with Crippen LogP contribution in [0.15, 0.2) is 30.3 Å². The van der Waals surface area contributed by atoms with Crippen molar-refractivity contribution < 1.29 is 9.53 Å². The smallest absolute Gasteiger partial charge is 0.148 e. The molecule has 2 rings (SSSR count). The van der Waals surface area contributed by atoms with Gasteiger partial charge < -0.3 is 4.74 Å². The summed E-state index contributed by atoms with van der Waals surface area (Å²) in [6, 6.07) is 10.0. The summed E-state index contributed by atoms with van der Waals surface area (Å²) in [5.74, 6) is 0.359. The maximum absolute atomic E-state index is 12.4. The summed E-state index contributed by atoms with van der Waals surface area (Å²) in [4.78, 5) is 12.4. The molecule has 86 valence electrons. The van der Waals surface area contributed by atoms with Crippen LogP contribution in [-0.4, -0.2) is 19.0 Å². The number of ether oxygens (including phenoxy) is 1. The second-order valence-corrected chi connectivity index (χ2v) is 4.77. The molecule has 2 heteroatoms. The average molecular weight is 218 g/mol. The van der Waals surface area contributed by atoms with E-state index in [4.69, 9.17) is 4.74 Å².